The fourth-order valence-corrected chi connectivity index (χ4v) is 2.03. The maximum atomic E-state index is 12.2. The number of carbonyl (C=O) groups is 1. The first-order valence-electron chi connectivity index (χ1n) is 7.15. The molecule has 0 bridgehead atoms. The third-order valence-corrected chi connectivity index (χ3v) is 3.56. The van der Waals surface area contributed by atoms with Crippen molar-refractivity contribution in [1.82, 2.24) is 5.32 Å². The van der Waals surface area contributed by atoms with Gasteiger partial charge in [0.15, 0.2) is 0 Å². The maximum Gasteiger partial charge on any atom is 0.251 e. The van der Waals surface area contributed by atoms with Crippen LogP contribution < -0.4 is 10.1 Å². The van der Waals surface area contributed by atoms with Crippen molar-refractivity contribution >= 4 is 5.91 Å². The zero-order valence-corrected chi connectivity index (χ0v) is 12.5. The lowest BCUT2D eigenvalue weighted by atomic mass is 10.0. The molecule has 1 aliphatic rings. The molecule has 4 heteroatoms. The number of carbonyl (C=O) groups excluding carboxylic acids is 1. The van der Waals surface area contributed by atoms with Gasteiger partial charge >= 0.3 is 0 Å². The van der Waals surface area contributed by atoms with Crippen molar-refractivity contribution < 1.29 is 14.3 Å². The molecule has 4 nitrogen and oxygen atoms in total. The molecule has 1 aliphatic carbocycles. The van der Waals surface area contributed by atoms with Crippen LogP contribution in [0.5, 0.6) is 5.75 Å². The summed E-state index contributed by atoms with van der Waals surface area (Å²) in [6.45, 7) is 5.26. The van der Waals surface area contributed by atoms with Crippen LogP contribution in [0.1, 0.15) is 40.7 Å². The molecule has 1 N–H and O–H groups in total. The number of hydrogen-bond donors (Lipinski definition) is 1. The standard InChI is InChI=1S/C16H23NO3/c1-11-9-14(20-8-4-7-19-3)10-15(12(11)2)16(18)17-13-5-6-13/h9-10,13H,4-8H2,1-3H3,(H,17,18). The molecule has 1 fully saturated rings. The van der Waals surface area contributed by atoms with Crippen LogP contribution in [0.3, 0.4) is 0 Å². The molecule has 0 spiro atoms. The summed E-state index contributed by atoms with van der Waals surface area (Å²) in [7, 11) is 1.68. The van der Waals surface area contributed by atoms with Gasteiger partial charge in [0.1, 0.15) is 5.75 Å². The summed E-state index contributed by atoms with van der Waals surface area (Å²) < 4.78 is 10.7. The summed E-state index contributed by atoms with van der Waals surface area (Å²) in [6, 6.07) is 4.19. The Kier molecular flexibility index (Phi) is 5.01. The fourth-order valence-electron chi connectivity index (χ4n) is 2.03. The van der Waals surface area contributed by atoms with Crippen molar-refractivity contribution in [2.45, 2.75) is 39.2 Å². The van der Waals surface area contributed by atoms with Crippen LogP contribution in [0.25, 0.3) is 0 Å². The molecule has 110 valence electrons. The predicted molar refractivity (Wildman–Crippen MR) is 78.4 cm³/mol. The van der Waals surface area contributed by atoms with E-state index in [1.54, 1.807) is 7.11 Å². The Hall–Kier alpha value is -1.55. The second-order valence-corrected chi connectivity index (χ2v) is 5.36. The Morgan fingerprint density at radius 1 is 1.30 bits per heavy atom. The van der Waals surface area contributed by atoms with E-state index < -0.39 is 0 Å². The van der Waals surface area contributed by atoms with E-state index in [4.69, 9.17) is 9.47 Å². The van der Waals surface area contributed by atoms with Crippen molar-refractivity contribution in [2.75, 3.05) is 20.3 Å². The van der Waals surface area contributed by atoms with Crippen LogP contribution in [-0.2, 0) is 4.74 Å². The van der Waals surface area contributed by atoms with Gasteiger partial charge in [-0.1, -0.05) is 0 Å². The third-order valence-electron chi connectivity index (χ3n) is 3.56. The van der Waals surface area contributed by atoms with Gasteiger partial charge in [0.2, 0.25) is 0 Å². The van der Waals surface area contributed by atoms with E-state index >= 15 is 0 Å². The molecule has 0 heterocycles. The van der Waals surface area contributed by atoms with E-state index in [2.05, 4.69) is 5.32 Å². The molecule has 0 aliphatic heterocycles. The van der Waals surface area contributed by atoms with E-state index in [1.165, 1.54) is 0 Å². The molecule has 0 aromatic heterocycles. The molecule has 1 saturated carbocycles. The van der Waals surface area contributed by atoms with Crippen LogP contribution in [0.15, 0.2) is 12.1 Å². The molecule has 20 heavy (non-hydrogen) atoms. The van der Waals surface area contributed by atoms with Crippen LogP contribution in [0, 0.1) is 13.8 Å². The van der Waals surface area contributed by atoms with Crippen LogP contribution >= 0.6 is 0 Å². The van der Waals surface area contributed by atoms with Crippen LogP contribution in [-0.4, -0.2) is 32.3 Å². The number of rotatable bonds is 7. The molecule has 1 amide bonds. The molecule has 0 saturated heterocycles. The average molecular weight is 277 g/mol. The zero-order valence-electron chi connectivity index (χ0n) is 12.5. The molecule has 1 aromatic carbocycles. The summed E-state index contributed by atoms with van der Waals surface area (Å²) in [4.78, 5) is 12.2. The molecule has 0 atom stereocenters. The van der Waals surface area contributed by atoms with E-state index in [-0.39, 0.29) is 5.91 Å². The molecular formula is C16H23NO3. The number of methoxy groups -OCH3 is 1. The molecule has 0 unspecified atom stereocenters. The van der Waals surface area contributed by atoms with Gasteiger partial charge in [0.05, 0.1) is 6.61 Å². The molecular weight excluding hydrogens is 254 g/mol. The second kappa shape index (κ2) is 6.75. The highest BCUT2D eigenvalue weighted by molar-refractivity contribution is 5.96. The summed E-state index contributed by atoms with van der Waals surface area (Å²) in [5, 5.41) is 3.03. The van der Waals surface area contributed by atoms with Gasteiger partial charge in [0, 0.05) is 31.7 Å². The van der Waals surface area contributed by atoms with Gasteiger partial charge in [-0.15, -0.1) is 0 Å². The van der Waals surface area contributed by atoms with Gasteiger partial charge in [0.25, 0.3) is 5.91 Å². The van der Waals surface area contributed by atoms with E-state index in [9.17, 15) is 4.79 Å². The Morgan fingerprint density at radius 2 is 2.05 bits per heavy atom. The first-order valence-corrected chi connectivity index (χ1v) is 7.15. The molecule has 2 rings (SSSR count). The van der Waals surface area contributed by atoms with Gasteiger partial charge in [-0.05, 0) is 49.9 Å². The highest BCUT2D eigenvalue weighted by atomic mass is 16.5. The smallest absolute Gasteiger partial charge is 0.251 e. The first kappa shape index (κ1) is 14.9. The topological polar surface area (TPSA) is 47.6 Å². The Labute approximate surface area is 120 Å². The highest BCUT2D eigenvalue weighted by Gasteiger charge is 2.24. The number of benzene rings is 1. The van der Waals surface area contributed by atoms with Crippen LogP contribution in [0.4, 0.5) is 0 Å². The van der Waals surface area contributed by atoms with Crippen molar-refractivity contribution in [3.63, 3.8) is 0 Å². The van der Waals surface area contributed by atoms with E-state index in [0.717, 1.165) is 41.7 Å². The van der Waals surface area contributed by atoms with Crippen molar-refractivity contribution in [3.05, 3.63) is 28.8 Å². The second-order valence-electron chi connectivity index (χ2n) is 5.36. The number of amides is 1. The molecule has 0 radical (unpaired) electrons. The number of hydrogen-bond acceptors (Lipinski definition) is 3. The quantitative estimate of drug-likeness (QED) is 0.779. The van der Waals surface area contributed by atoms with Gasteiger partial charge in [-0.3, -0.25) is 4.79 Å². The maximum absolute atomic E-state index is 12.2. The predicted octanol–water partition coefficient (Wildman–Crippen LogP) is 2.61. The lowest BCUT2D eigenvalue weighted by molar-refractivity contribution is 0.0949. The first-order chi connectivity index (χ1) is 9.61. The normalized spacial score (nSPS) is 14.2. The Morgan fingerprint density at radius 3 is 2.70 bits per heavy atom. The number of aryl methyl sites for hydroxylation is 1. The van der Waals surface area contributed by atoms with E-state index in [1.807, 2.05) is 26.0 Å². The summed E-state index contributed by atoms with van der Waals surface area (Å²) in [5.41, 5.74) is 2.82. The summed E-state index contributed by atoms with van der Waals surface area (Å²) >= 11 is 0. The SMILES string of the molecule is COCCCOc1cc(C)c(C)c(C(=O)NC2CC2)c1. The average Bonchev–Trinajstić information content (AvgIpc) is 3.22. The van der Waals surface area contributed by atoms with Gasteiger partial charge in [-0.25, -0.2) is 0 Å². The highest BCUT2D eigenvalue weighted by Crippen LogP contribution is 2.24. The summed E-state index contributed by atoms with van der Waals surface area (Å²) in [5.74, 6) is 0.764. The molecule has 1 aromatic rings. The van der Waals surface area contributed by atoms with Crippen molar-refractivity contribution in [3.8, 4) is 5.75 Å². The minimum atomic E-state index is 0.00967. The number of ether oxygens (including phenoxy) is 2. The Bertz CT molecular complexity index is 481. The van der Waals surface area contributed by atoms with Crippen molar-refractivity contribution in [2.24, 2.45) is 0 Å². The summed E-state index contributed by atoms with van der Waals surface area (Å²) in [6.07, 6.45) is 3.03. The lowest BCUT2D eigenvalue weighted by Crippen LogP contribution is -2.26. The zero-order chi connectivity index (χ0) is 14.5. The van der Waals surface area contributed by atoms with Crippen molar-refractivity contribution in [1.29, 1.82) is 0 Å². The van der Waals surface area contributed by atoms with E-state index in [0.29, 0.717) is 19.3 Å². The minimum absolute atomic E-state index is 0.00967. The number of nitrogens with one attached hydrogen (secondary N) is 1. The lowest BCUT2D eigenvalue weighted by Gasteiger charge is -2.13. The Balaban J connectivity index is 2.05. The third kappa shape index (κ3) is 3.97. The van der Waals surface area contributed by atoms with Gasteiger partial charge in [-0.2, -0.15) is 0 Å². The monoisotopic (exact) mass is 277 g/mol. The fraction of sp³-hybridized carbons (Fsp3) is 0.562. The van der Waals surface area contributed by atoms with Crippen LogP contribution in [0.2, 0.25) is 0 Å². The minimum Gasteiger partial charge on any atom is -0.493 e. The largest absolute Gasteiger partial charge is 0.493 e. The van der Waals surface area contributed by atoms with Gasteiger partial charge < -0.3 is 14.8 Å².